The predicted molar refractivity (Wildman–Crippen MR) is 110 cm³/mol. The number of nitrogens with one attached hydrogen (secondary N) is 1. The highest BCUT2D eigenvalue weighted by molar-refractivity contribution is 5.81. The van der Waals surface area contributed by atoms with Crippen molar-refractivity contribution in [1.29, 1.82) is 0 Å². The fourth-order valence-corrected chi connectivity index (χ4v) is 4.03. The molecule has 1 aliphatic rings. The van der Waals surface area contributed by atoms with E-state index in [0.717, 1.165) is 18.4 Å². The summed E-state index contributed by atoms with van der Waals surface area (Å²) in [6, 6.07) is 7.36. The van der Waals surface area contributed by atoms with Crippen LogP contribution in [0.1, 0.15) is 45.4 Å². The molecule has 0 aliphatic heterocycles. The van der Waals surface area contributed by atoms with Gasteiger partial charge < -0.3 is 14.6 Å². The maximum absolute atomic E-state index is 12.2. The van der Waals surface area contributed by atoms with Crippen LogP contribution in [-0.4, -0.2) is 34.1 Å². The van der Waals surface area contributed by atoms with Crippen molar-refractivity contribution in [3.8, 4) is 0 Å². The van der Waals surface area contributed by atoms with Gasteiger partial charge in [0.2, 0.25) is 0 Å². The molecule has 0 unspecified atom stereocenters. The molecule has 0 bridgehead atoms. The SMILES string of the molecule is C[C@H]1[C@H](C)CCC[C@@H]1NC(=O)COC(=O)CCc1nc(=O)c2ccccc2n1C. The van der Waals surface area contributed by atoms with Crippen LogP contribution in [0.25, 0.3) is 10.9 Å². The van der Waals surface area contributed by atoms with Crippen LogP contribution in [0, 0.1) is 11.8 Å². The van der Waals surface area contributed by atoms with E-state index < -0.39 is 5.97 Å². The standard InChI is InChI=1S/C22H29N3O4/c1-14-7-6-9-17(15(14)2)23-20(26)13-29-21(27)12-11-19-24-22(28)16-8-4-5-10-18(16)25(19)3/h4-5,8,10,14-15,17H,6-7,9,11-13H2,1-3H3,(H,23,26)/t14-,15+,17+/m1/s1. The van der Waals surface area contributed by atoms with Crippen LogP contribution in [0.4, 0.5) is 0 Å². The van der Waals surface area contributed by atoms with Gasteiger partial charge in [0, 0.05) is 19.5 Å². The van der Waals surface area contributed by atoms with Gasteiger partial charge in [-0.3, -0.25) is 14.4 Å². The molecule has 0 radical (unpaired) electrons. The molecule has 0 spiro atoms. The number of para-hydroxylation sites is 1. The van der Waals surface area contributed by atoms with Gasteiger partial charge in [-0.2, -0.15) is 4.98 Å². The largest absolute Gasteiger partial charge is 0.456 e. The van der Waals surface area contributed by atoms with Gasteiger partial charge in [0.15, 0.2) is 6.61 Å². The third kappa shape index (κ3) is 5.02. The van der Waals surface area contributed by atoms with Crippen LogP contribution in [0.15, 0.2) is 29.1 Å². The van der Waals surface area contributed by atoms with E-state index >= 15 is 0 Å². The molecular formula is C22H29N3O4. The zero-order valence-corrected chi connectivity index (χ0v) is 17.3. The fourth-order valence-electron chi connectivity index (χ4n) is 4.03. The number of rotatable bonds is 6. The monoisotopic (exact) mass is 399 g/mol. The molecule has 3 rings (SSSR count). The summed E-state index contributed by atoms with van der Waals surface area (Å²) in [4.78, 5) is 40.5. The Morgan fingerprint density at radius 2 is 2.00 bits per heavy atom. The highest BCUT2D eigenvalue weighted by Crippen LogP contribution is 2.29. The van der Waals surface area contributed by atoms with Gasteiger partial charge in [-0.25, -0.2) is 0 Å². The van der Waals surface area contributed by atoms with Crippen molar-refractivity contribution < 1.29 is 14.3 Å². The Bertz CT molecular complexity index is 953. The molecule has 1 fully saturated rings. The van der Waals surface area contributed by atoms with Crippen LogP contribution in [-0.2, 0) is 27.8 Å². The summed E-state index contributed by atoms with van der Waals surface area (Å²) in [5.74, 6) is 0.773. The van der Waals surface area contributed by atoms with Crippen molar-refractivity contribution in [3.05, 3.63) is 40.4 Å². The van der Waals surface area contributed by atoms with Crippen molar-refractivity contribution in [1.82, 2.24) is 14.9 Å². The quantitative estimate of drug-likeness (QED) is 0.753. The normalized spacial score (nSPS) is 21.7. The van der Waals surface area contributed by atoms with Crippen molar-refractivity contribution in [2.75, 3.05) is 6.61 Å². The van der Waals surface area contributed by atoms with Crippen LogP contribution < -0.4 is 10.9 Å². The van der Waals surface area contributed by atoms with E-state index in [0.29, 0.717) is 23.0 Å². The fraction of sp³-hybridized carbons (Fsp3) is 0.545. The van der Waals surface area contributed by atoms with Gasteiger partial charge in [-0.15, -0.1) is 0 Å². The van der Waals surface area contributed by atoms with Gasteiger partial charge in [-0.05, 0) is 30.4 Å². The lowest BCUT2D eigenvalue weighted by Crippen LogP contribution is -2.45. The molecule has 1 heterocycles. The molecule has 1 aromatic carbocycles. The van der Waals surface area contributed by atoms with E-state index in [1.165, 1.54) is 6.42 Å². The molecule has 2 aromatic rings. The molecule has 156 valence electrons. The summed E-state index contributed by atoms with van der Waals surface area (Å²) in [6.07, 6.45) is 3.59. The second-order valence-electron chi connectivity index (χ2n) is 8.01. The maximum atomic E-state index is 12.2. The summed E-state index contributed by atoms with van der Waals surface area (Å²) in [5, 5.41) is 3.54. The Balaban J connectivity index is 1.50. The number of hydrogen-bond acceptors (Lipinski definition) is 5. The molecule has 1 amide bonds. The summed E-state index contributed by atoms with van der Waals surface area (Å²) >= 11 is 0. The molecule has 1 aromatic heterocycles. The Morgan fingerprint density at radius 1 is 1.24 bits per heavy atom. The molecule has 7 nitrogen and oxygen atoms in total. The van der Waals surface area contributed by atoms with Gasteiger partial charge in [0.05, 0.1) is 17.3 Å². The first kappa shape index (κ1) is 21.0. The lowest BCUT2D eigenvalue weighted by atomic mass is 9.78. The first-order chi connectivity index (χ1) is 13.9. The van der Waals surface area contributed by atoms with Gasteiger partial charge >= 0.3 is 5.97 Å². The van der Waals surface area contributed by atoms with E-state index in [9.17, 15) is 14.4 Å². The number of carbonyl (C=O) groups excluding carboxylic acids is 2. The van der Waals surface area contributed by atoms with Gasteiger partial charge in [0.25, 0.3) is 11.5 Å². The summed E-state index contributed by atoms with van der Waals surface area (Å²) in [7, 11) is 1.81. The molecule has 1 aliphatic carbocycles. The minimum atomic E-state index is -0.479. The van der Waals surface area contributed by atoms with Gasteiger partial charge in [-0.1, -0.05) is 38.8 Å². The lowest BCUT2D eigenvalue weighted by molar-refractivity contribution is -0.148. The third-order valence-corrected chi connectivity index (χ3v) is 6.08. The number of aromatic nitrogens is 2. The molecule has 3 atom stereocenters. The van der Waals surface area contributed by atoms with E-state index in [-0.39, 0.29) is 37.0 Å². The highest BCUT2D eigenvalue weighted by Gasteiger charge is 2.28. The number of nitrogens with zero attached hydrogens (tertiary/aromatic N) is 2. The number of aryl methyl sites for hydroxylation is 2. The Hall–Kier alpha value is -2.70. The molecule has 1 saturated carbocycles. The number of esters is 1. The predicted octanol–water partition coefficient (Wildman–Crippen LogP) is 2.35. The van der Waals surface area contributed by atoms with E-state index in [4.69, 9.17) is 4.74 Å². The average Bonchev–Trinajstić information content (AvgIpc) is 2.71. The maximum Gasteiger partial charge on any atom is 0.306 e. The average molecular weight is 399 g/mol. The Kier molecular flexibility index (Phi) is 6.67. The first-order valence-corrected chi connectivity index (χ1v) is 10.3. The lowest BCUT2D eigenvalue weighted by Gasteiger charge is -2.34. The molecular weight excluding hydrogens is 370 g/mol. The molecule has 0 saturated heterocycles. The van der Waals surface area contributed by atoms with Gasteiger partial charge in [0.1, 0.15) is 5.82 Å². The van der Waals surface area contributed by atoms with Crippen molar-refractivity contribution in [3.63, 3.8) is 0 Å². The molecule has 7 heteroatoms. The summed E-state index contributed by atoms with van der Waals surface area (Å²) in [5.41, 5.74) is 0.461. The number of amides is 1. The van der Waals surface area contributed by atoms with E-state index in [2.05, 4.69) is 24.1 Å². The van der Waals surface area contributed by atoms with Crippen LogP contribution in [0.2, 0.25) is 0 Å². The second-order valence-corrected chi connectivity index (χ2v) is 8.01. The van der Waals surface area contributed by atoms with Crippen LogP contribution in [0.5, 0.6) is 0 Å². The molecule has 1 N–H and O–H groups in total. The van der Waals surface area contributed by atoms with Crippen LogP contribution in [0.3, 0.4) is 0 Å². The highest BCUT2D eigenvalue weighted by atomic mass is 16.5. The van der Waals surface area contributed by atoms with E-state index in [1.807, 2.05) is 23.7 Å². The Labute approximate surface area is 170 Å². The Morgan fingerprint density at radius 3 is 2.79 bits per heavy atom. The van der Waals surface area contributed by atoms with Crippen molar-refractivity contribution >= 4 is 22.8 Å². The smallest absolute Gasteiger partial charge is 0.306 e. The summed E-state index contributed by atoms with van der Waals surface area (Å²) in [6.45, 7) is 4.08. The number of ether oxygens (including phenoxy) is 1. The third-order valence-electron chi connectivity index (χ3n) is 6.08. The molecule has 29 heavy (non-hydrogen) atoms. The zero-order chi connectivity index (χ0) is 21.0. The first-order valence-electron chi connectivity index (χ1n) is 10.3. The minimum Gasteiger partial charge on any atom is -0.456 e. The second kappa shape index (κ2) is 9.20. The number of benzene rings is 1. The topological polar surface area (TPSA) is 90.3 Å². The summed E-state index contributed by atoms with van der Waals surface area (Å²) < 4.78 is 6.93. The van der Waals surface area contributed by atoms with Crippen molar-refractivity contribution in [2.45, 2.75) is 52.0 Å². The van der Waals surface area contributed by atoms with Crippen LogP contribution >= 0.6 is 0 Å². The van der Waals surface area contributed by atoms with Crippen molar-refractivity contribution in [2.24, 2.45) is 18.9 Å². The number of carbonyl (C=O) groups is 2. The van der Waals surface area contributed by atoms with E-state index in [1.54, 1.807) is 12.1 Å². The zero-order valence-electron chi connectivity index (χ0n) is 17.3. The minimum absolute atomic E-state index is 0.0583. The number of hydrogen-bond donors (Lipinski definition) is 1. The number of fused-ring (bicyclic) bond motifs is 1.